The number of likely N-dealkylation sites (tertiary alicyclic amines) is 1. The van der Waals surface area contributed by atoms with Gasteiger partial charge in [-0.05, 0) is 17.7 Å². The van der Waals surface area contributed by atoms with Crippen molar-refractivity contribution in [3.8, 4) is 0 Å². The molecule has 1 saturated heterocycles. The summed E-state index contributed by atoms with van der Waals surface area (Å²) in [4.78, 5) is 28.1. The summed E-state index contributed by atoms with van der Waals surface area (Å²) >= 11 is 0. The molecule has 0 aliphatic carbocycles. The molecule has 1 amide bonds. The second kappa shape index (κ2) is 6.43. The Kier molecular flexibility index (Phi) is 4.31. The lowest BCUT2D eigenvalue weighted by molar-refractivity contribution is -0.139. The van der Waals surface area contributed by atoms with Crippen molar-refractivity contribution in [3.05, 3.63) is 71.3 Å². The van der Waals surface area contributed by atoms with Crippen LogP contribution in [0, 0.1) is 0 Å². The molecule has 3 rings (SSSR count). The summed E-state index contributed by atoms with van der Waals surface area (Å²) in [7, 11) is 5.46. The predicted molar refractivity (Wildman–Crippen MR) is 97.3 cm³/mol. The summed E-state index contributed by atoms with van der Waals surface area (Å²) in [5.41, 5.74) is 2.44. The first-order valence-electron chi connectivity index (χ1n) is 7.99. The molecule has 1 atom stereocenters. The van der Waals surface area contributed by atoms with Gasteiger partial charge in [0.05, 0.1) is 11.6 Å². The van der Waals surface area contributed by atoms with Gasteiger partial charge in [-0.3, -0.25) is 9.59 Å². The Balaban J connectivity index is 2.12. The summed E-state index contributed by atoms with van der Waals surface area (Å²) in [6, 6.07) is 15.8. The number of benzene rings is 2. The van der Waals surface area contributed by atoms with Gasteiger partial charge in [-0.15, -0.1) is 0 Å². The van der Waals surface area contributed by atoms with Crippen LogP contribution in [0.15, 0.2) is 60.2 Å². The van der Waals surface area contributed by atoms with E-state index in [1.807, 2.05) is 49.3 Å². The molecule has 2 aromatic rings. The second-order valence-corrected chi connectivity index (χ2v) is 6.26. The zero-order chi connectivity index (χ0) is 18.1. The number of nitrogens with zero attached hydrogens (tertiary/aromatic N) is 2. The van der Waals surface area contributed by atoms with Gasteiger partial charge in [-0.25, -0.2) is 0 Å². The lowest BCUT2D eigenvalue weighted by Crippen LogP contribution is -2.24. The van der Waals surface area contributed by atoms with E-state index in [1.54, 1.807) is 31.3 Å². The molecule has 2 aromatic carbocycles. The maximum atomic E-state index is 12.5. The number of amides is 1. The van der Waals surface area contributed by atoms with Crippen molar-refractivity contribution in [1.29, 1.82) is 0 Å². The minimum Gasteiger partial charge on any atom is -0.507 e. The Morgan fingerprint density at radius 3 is 2.16 bits per heavy atom. The fourth-order valence-electron chi connectivity index (χ4n) is 3.04. The van der Waals surface area contributed by atoms with Crippen molar-refractivity contribution in [2.45, 2.75) is 6.04 Å². The molecule has 1 N–H and O–H groups in total. The van der Waals surface area contributed by atoms with Gasteiger partial charge in [0, 0.05) is 32.4 Å². The molecule has 1 unspecified atom stereocenters. The highest BCUT2D eigenvalue weighted by molar-refractivity contribution is 6.46. The largest absolute Gasteiger partial charge is 0.507 e. The summed E-state index contributed by atoms with van der Waals surface area (Å²) in [6.45, 7) is 0. The van der Waals surface area contributed by atoms with Gasteiger partial charge in [0.1, 0.15) is 5.76 Å². The maximum absolute atomic E-state index is 12.5. The van der Waals surface area contributed by atoms with E-state index in [9.17, 15) is 14.7 Å². The van der Waals surface area contributed by atoms with Crippen LogP contribution in [0.3, 0.4) is 0 Å². The minimum atomic E-state index is -0.662. The first kappa shape index (κ1) is 16.8. The molecule has 0 radical (unpaired) electrons. The van der Waals surface area contributed by atoms with Crippen molar-refractivity contribution in [1.82, 2.24) is 4.90 Å². The predicted octanol–water partition coefficient (Wildman–Crippen LogP) is 2.80. The highest BCUT2D eigenvalue weighted by Crippen LogP contribution is 2.38. The molecule has 0 saturated carbocycles. The molecular weight excluding hydrogens is 316 g/mol. The third-order valence-electron chi connectivity index (χ3n) is 4.45. The molecule has 5 nitrogen and oxygen atoms in total. The number of Topliss-reactive ketones (excluding diaryl/α,β-unsaturated/α-hetero) is 1. The number of aliphatic hydroxyl groups excluding tert-OH is 1. The first-order chi connectivity index (χ1) is 11.9. The van der Waals surface area contributed by atoms with Crippen LogP contribution < -0.4 is 4.90 Å². The number of carbonyl (C=O) groups is 2. The van der Waals surface area contributed by atoms with Crippen LogP contribution in [0.4, 0.5) is 5.69 Å². The molecule has 1 aliphatic rings. The maximum Gasteiger partial charge on any atom is 0.295 e. The molecule has 1 heterocycles. The topological polar surface area (TPSA) is 60.9 Å². The quantitative estimate of drug-likeness (QED) is 0.532. The molecule has 1 aliphatic heterocycles. The van der Waals surface area contributed by atoms with E-state index in [0.29, 0.717) is 5.56 Å². The number of likely N-dealkylation sites (N-methyl/N-ethyl adjacent to an activating group) is 1. The Morgan fingerprint density at radius 2 is 1.60 bits per heavy atom. The molecular formula is C20H20N2O3. The average Bonchev–Trinajstić information content (AvgIpc) is 2.86. The summed E-state index contributed by atoms with van der Waals surface area (Å²) < 4.78 is 0. The first-order valence-corrected chi connectivity index (χ1v) is 7.99. The fourth-order valence-corrected chi connectivity index (χ4v) is 3.04. The number of aliphatic hydroxyl groups is 1. The number of anilines is 1. The third-order valence-corrected chi connectivity index (χ3v) is 4.45. The number of hydrogen-bond acceptors (Lipinski definition) is 4. The molecule has 0 spiro atoms. The van der Waals surface area contributed by atoms with E-state index in [4.69, 9.17) is 0 Å². The molecule has 128 valence electrons. The van der Waals surface area contributed by atoms with Gasteiger partial charge in [-0.1, -0.05) is 42.5 Å². The van der Waals surface area contributed by atoms with Gasteiger partial charge in [0.2, 0.25) is 0 Å². The smallest absolute Gasteiger partial charge is 0.295 e. The van der Waals surface area contributed by atoms with Crippen molar-refractivity contribution >= 4 is 23.1 Å². The van der Waals surface area contributed by atoms with Gasteiger partial charge in [0.25, 0.3) is 11.7 Å². The molecule has 25 heavy (non-hydrogen) atoms. The van der Waals surface area contributed by atoms with Gasteiger partial charge in [0.15, 0.2) is 0 Å². The SMILES string of the molecule is CN(C)c1ccc(C2/C(=C(\O)c3ccccc3)C(=O)C(=O)N2C)cc1. The van der Waals surface area contributed by atoms with Crippen molar-refractivity contribution < 1.29 is 14.7 Å². The Morgan fingerprint density at radius 1 is 1.00 bits per heavy atom. The minimum absolute atomic E-state index is 0.122. The van der Waals surface area contributed by atoms with Gasteiger partial charge in [-0.2, -0.15) is 0 Å². The monoisotopic (exact) mass is 336 g/mol. The van der Waals surface area contributed by atoms with Crippen molar-refractivity contribution in [2.75, 3.05) is 26.0 Å². The number of rotatable bonds is 3. The van der Waals surface area contributed by atoms with E-state index in [-0.39, 0.29) is 11.3 Å². The van der Waals surface area contributed by atoms with Crippen molar-refractivity contribution in [2.24, 2.45) is 0 Å². The summed E-state index contributed by atoms with van der Waals surface area (Å²) in [6.07, 6.45) is 0. The molecule has 0 bridgehead atoms. The lowest BCUT2D eigenvalue weighted by atomic mass is 9.95. The molecule has 1 fully saturated rings. The zero-order valence-corrected chi connectivity index (χ0v) is 14.4. The highest BCUT2D eigenvalue weighted by Gasteiger charge is 2.44. The Bertz CT molecular complexity index is 839. The van der Waals surface area contributed by atoms with E-state index in [2.05, 4.69) is 0 Å². The van der Waals surface area contributed by atoms with Crippen LogP contribution in [0.2, 0.25) is 0 Å². The van der Waals surface area contributed by atoms with E-state index in [1.165, 1.54) is 4.90 Å². The van der Waals surface area contributed by atoms with Crippen molar-refractivity contribution in [3.63, 3.8) is 0 Å². The Hall–Kier alpha value is -3.08. The highest BCUT2D eigenvalue weighted by atomic mass is 16.3. The van der Waals surface area contributed by atoms with Crippen LogP contribution in [-0.4, -0.2) is 42.8 Å². The third kappa shape index (κ3) is 2.89. The van der Waals surface area contributed by atoms with Gasteiger partial charge < -0.3 is 14.9 Å². The number of hydrogen-bond donors (Lipinski definition) is 1. The van der Waals surface area contributed by atoms with E-state index >= 15 is 0 Å². The number of ketones is 1. The number of carbonyl (C=O) groups excluding carboxylic acids is 2. The van der Waals surface area contributed by atoms with E-state index < -0.39 is 17.7 Å². The summed E-state index contributed by atoms with van der Waals surface area (Å²) in [5.74, 6) is -1.42. The standard InChI is InChI=1S/C20H20N2O3/c1-21(2)15-11-9-13(10-12-15)17-16(19(24)20(25)22(17)3)18(23)14-7-5-4-6-8-14/h4-12,17,23H,1-3H3/b18-16+. The van der Waals surface area contributed by atoms with Crippen LogP contribution in [0.1, 0.15) is 17.2 Å². The fraction of sp³-hybridized carbons (Fsp3) is 0.200. The van der Waals surface area contributed by atoms with E-state index in [0.717, 1.165) is 11.3 Å². The van der Waals surface area contributed by atoms with Gasteiger partial charge >= 0.3 is 0 Å². The van der Waals surface area contributed by atoms with Crippen LogP contribution >= 0.6 is 0 Å². The molecule has 5 heteroatoms. The molecule has 0 aromatic heterocycles. The normalized spacial score (nSPS) is 19.3. The second-order valence-electron chi connectivity index (χ2n) is 6.26. The van der Waals surface area contributed by atoms with Crippen LogP contribution in [0.5, 0.6) is 0 Å². The Labute approximate surface area is 146 Å². The average molecular weight is 336 g/mol. The van der Waals surface area contributed by atoms with Crippen LogP contribution in [-0.2, 0) is 9.59 Å². The lowest BCUT2D eigenvalue weighted by Gasteiger charge is -2.22. The van der Waals surface area contributed by atoms with Crippen LogP contribution in [0.25, 0.3) is 5.76 Å². The zero-order valence-electron chi connectivity index (χ0n) is 14.4. The summed E-state index contributed by atoms with van der Waals surface area (Å²) in [5, 5.41) is 10.7.